The van der Waals surface area contributed by atoms with E-state index in [-0.39, 0.29) is 35.5 Å². The molecule has 1 aliphatic heterocycles. The Bertz CT molecular complexity index is 1000. The third kappa shape index (κ3) is 6.15. The summed E-state index contributed by atoms with van der Waals surface area (Å²) in [4.78, 5) is 38.9. The fourth-order valence-electron chi connectivity index (χ4n) is 3.46. The fraction of sp³-hybridized carbons (Fsp3) is 0.375. The van der Waals surface area contributed by atoms with Crippen LogP contribution in [0, 0.1) is 0 Å². The number of amides is 2. The summed E-state index contributed by atoms with van der Waals surface area (Å²) in [7, 11) is 2.94. The van der Waals surface area contributed by atoms with E-state index < -0.39 is 12.1 Å². The number of hydrogen-bond donors (Lipinski definition) is 1. The summed E-state index contributed by atoms with van der Waals surface area (Å²) in [5, 5.41) is 2.71. The van der Waals surface area contributed by atoms with Gasteiger partial charge in [0.25, 0.3) is 11.8 Å². The van der Waals surface area contributed by atoms with Crippen LogP contribution in [-0.2, 0) is 14.3 Å². The van der Waals surface area contributed by atoms with Crippen molar-refractivity contribution in [3.8, 4) is 17.2 Å². The van der Waals surface area contributed by atoms with Crippen LogP contribution in [-0.4, -0.2) is 62.7 Å². The zero-order valence-electron chi connectivity index (χ0n) is 19.0. The quantitative estimate of drug-likeness (QED) is 0.579. The summed E-state index contributed by atoms with van der Waals surface area (Å²) < 4.78 is 21.4. The third-order valence-corrected chi connectivity index (χ3v) is 5.19. The van der Waals surface area contributed by atoms with Crippen molar-refractivity contribution in [1.82, 2.24) is 4.90 Å². The number of anilines is 1. The normalized spacial score (nSPS) is 13.7. The average molecular weight is 456 g/mol. The maximum absolute atomic E-state index is 12.5. The molecule has 2 aromatic carbocycles. The summed E-state index contributed by atoms with van der Waals surface area (Å²) in [6.07, 6.45) is 1.04. The topological polar surface area (TPSA) is 103 Å². The monoisotopic (exact) mass is 456 g/mol. The van der Waals surface area contributed by atoms with E-state index in [2.05, 4.69) is 5.32 Å². The van der Waals surface area contributed by atoms with Crippen molar-refractivity contribution in [2.75, 3.05) is 39.2 Å². The number of nitrogens with zero attached hydrogens (tertiary/aromatic N) is 1. The molecule has 33 heavy (non-hydrogen) atoms. The van der Waals surface area contributed by atoms with E-state index in [4.69, 9.17) is 18.9 Å². The van der Waals surface area contributed by atoms with Gasteiger partial charge in [0.15, 0.2) is 24.2 Å². The smallest absolute Gasteiger partial charge is 0.339 e. The molecule has 1 unspecified atom stereocenters. The van der Waals surface area contributed by atoms with Crippen molar-refractivity contribution in [2.45, 2.75) is 25.9 Å². The highest BCUT2D eigenvalue weighted by Gasteiger charge is 2.26. The first-order valence-corrected chi connectivity index (χ1v) is 10.7. The minimum absolute atomic E-state index is 0.200. The van der Waals surface area contributed by atoms with Gasteiger partial charge in [0.1, 0.15) is 5.75 Å². The molecule has 176 valence electrons. The van der Waals surface area contributed by atoms with E-state index in [9.17, 15) is 14.4 Å². The largest absolute Gasteiger partial charge is 0.495 e. The number of rotatable bonds is 9. The number of ether oxygens (including phenoxy) is 4. The molecule has 9 nitrogen and oxygen atoms in total. The standard InChI is InChI=1S/C24H28N2O7/c1-16(23(28)26-12-6-7-13-26)33-24(29)17-10-11-20(21(14-17)31-3)32-15-22(27)25-18-8-4-5-9-19(18)30-2/h4-5,8-11,14,16H,6-7,12-13,15H2,1-3H3,(H,25,27). The first kappa shape index (κ1) is 23.9. The zero-order valence-corrected chi connectivity index (χ0v) is 19.0. The molecule has 2 amide bonds. The van der Waals surface area contributed by atoms with Gasteiger partial charge < -0.3 is 29.2 Å². The predicted molar refractivity (Wildman–Crippen MR) is 121 cm³/mol. The van der Waals surface area contributed by atoms with Crippen molar-refractivity contribution in [1.29, 1.82) is 0 Å². The van der Waals surface area contributed by atoms with Crippen molar-refractivity contribution in [3.05, 3.63) is 48.0 Å². The van der Waals surface area contributed by atoms with Gasteiger partial charge in [0.05, 0.1) is 25.5 Å². The molecule has 1 heterocycles. The second kappa shape index (κ2) is 11.2. The highest BCUT2D eigenvalue weighted by Crippen LogP contribution is 2.29. The molecule has 0 spiro atoms. The Morgan fingerprint density at radius 3 is 2.36 bits per heavy atom. The van der Waals surface area contributed by atoms with Gasteiger partial charge in [-0.2, -0.15) is 0 Å². The number of nitrogens with one attached hydrogen (secondary N) is 1. The van der Waals surface area contributed by atoms with E-state index in [0.29, 0.717) is 24.5 Å². The Kier molecular flexibility index (Phi) is 8.12. The van der Waals surface area contributed by atoms with Gasteiger partial charge in [0.2, 0.25) is 0 Å². The molecule has 1 atom stereocenters. The second-order valence-corrected chi connectivity index (χ2v) is 7.48. The lowest BCUT2D eigenvalue weighted by atomic mass is 10.2. The highest BCUT2D eigenvalue weighted by atomic mass is 16.5. The lowest BCUT2D eigenvalue weighted by Gasteiger charge is -2.20. The molecule has 1 aliphatic rings. The Morgan fingerprint density at radius 2 is 1.67 bits per heavy atom. The van der Waals surface area contributed by atoms with Crippen LogP contribution in [0.15, 0.2) is 42.5 Å². The van der Waals surface area contributed by atoms with Crippen LogP contribution in [0.4, 0.5) is 5.69 Å². The zero-order chi connectivity index (χ0) is 23.8. The van der Waals surface area contributed by atoms with E-state index in [1.54, 1.807) is 36.1 Å². The van der Waals surface area contributed by atoms with E-state index in [1.807, 2.05) is 0 Å². The number of para-hydroxylation sites is 2. The number of likely N-dealkylation sites (tertiary alicyclic amines) is 1. The summed E-state index contributed by atoms with van der Waals surface area (Å²) in [5.41, 5.74) is 0.731. The molecule has 3 rings (SSSR count). The first-order chi connectivity index (χ1) is 15.9. The summed E-state index contributed by atoms with van der Waals surface area (Å²) in [6.45, 7) is 2.66. The molecule has 0 aliphatic carbocycles. The summed E-state index contributed by atoms with van der Waals surface area (Å²) in [6, 6.07) is 11.5. The van der Waals surface area contributed by atoms with Gasteiger partial charge in [-0.05, 0) is 50.1 Å². The molecule has 0 bridgehead atoms. The number of carbonyl (C=O) groups excluding carboxylic acids is 3. The molecule has 0 aromatic heterocycles. The molecule has 0 radical (unpaired) electrons. The summed E-state index contributed by atoms with van der Waals surface area (Å²) in [5.74, 6) is -0.163. The van der Waals surface area contributed by atoms with Crippen LogP contribution in [0.1, 0.15) is 30.1 Å². The molecule has 2 aromatic rings. The van der Waals surface area contributed by atoms with Gasteiger partial charge in [-0.15, -0.1) is 0 Å². The Hall–Kier alpha value is -3.75. The van der Waals surface area contributed by atoms with Crippen LogP contribution < -0.4 is 19.5 Å². The maximum Gasteiger partial charge on any atom is 0.339 e. The second-order valence-electron chi connectivity index (χ2n) is 7.48. The van der Waals surface area contributed by atoms with Crippen molar-refractivity contribution in [3.63, 3.8) is 0 Å². The molecular weight excluding hydrogens is 428 g/mol. The molecule has 0 saturated carbocycles. The summed E-state index contributed by atoms with van der Waals surface area (Å²) >= 11 is 0. The number of esters is 1. The van der Waals surface area contributed by atoms with Crippen molar-refractivity contribution >= 4 is 23.5 Å². The fourth-order valence-corrected chi connectivity index (χ4v) is 3.46. The minimum Gasteiger partial charge on any atom is -0.495 e. The van der Waals surface area contributed by atoms with Gasteiger partial charge in [-0.1, -0.05) is 12.1 Å². The molecule has 1 saturated heterocycles. The lowest BCUT2D eigenvalue weighted by Crippen LogP contribution is -2.38. The minimum atomic E-state index is -0.879. The Labute approximate surface area is 192 Å². The Morgan fingerprint density at radius 1 is 0.970 bits per heavy atom. The van der Waals surface area contributed by atoms with Crippen molar-refractivity contribution < 1.29 is 33.3 Å². The first-order valence-electron chi connectivity index (χ1n) is 10.7. The molecule has 1 N–H and O–H groups in total. The van der Waals surface area contributed by atoms with Crippen LogP contribution in [0.3, 0.4) is 0 Å². The van der Waals surface area contributed by atoms with Gasteiger partial charge in [0, 0.05) is 13.1 Å². The van der Waals surface area contributed by atoms with Crippen LogP contribution in [0.2, 0.25) is 0 Å². The van der Waals surface area contributed by atoms with E-state index >= 15 is 0 Å². The average Bonchev–Trinajstić information content (AvgIpc) is 3.37. The van der Waals surface area contributed by atoms with Gasteiger partial charge >= 0.3 is 5.97 Å². The number of methoxy groups -OCH3 is 2. The molecule has 1 fully saturated rings. The van der Waals surface area contributed by atoms with E-state index in [0.717, 1.165) is 12.8 Å². The van der Waals surface area contributed by atoms with Gasteiger partial charge in [-0.25, -0.2) is 4.79 Å². The van der Waals surface area contributed by atoms with Crippen molar-refractivity contribution in [2.24, 2.45) is 0 Å². The lowest BCUT2D eigenvalue weighted by molar-refractivity contribution is -0.138. The number of hydrogen-bond acceptors (Lipinski definition) is 7. The SMILES string of the molecule is COc1ccccc1NC(=O)COc1ccc(C(=O)OC(C)C(=O)N2CCCC2)cc1OC. The van der Waals surface area contributed by atoms with Crippen LogP contribution in [0.5, 0.6) is 17.2 Å². The maximum atomic E-state index is 12.5. The third-order valence-electron chi connectivity index (χ3n) is 5.19. The highest BCUT2D eigenvalue weighted by molar-refractivity contribution is 5.94. The number of benzene rings is 2. The molecular formula is C24H28N2O7. The molecule has 9 heteroatoms. The van der Waals surface area contributed by atoms with Crippen LogP contribution in [0.25, 0.3) is 0 Å². The predicted octanol–water partition coefficient (Wildman–Crippen LogP) is 2.89. The number of carbonyl (C=O) groups is 3. The van der Waals surface area contributed by atoms with Crippen LogP contribution >= 0.6 is 0 Å². The van der Waals surface area contributed by atoms with Gasteiger partial charge in [-0.3, -0.25) is 9.59 Å². The van der Waals surface area contributed by atoms with E-state index in [1.165, 1.54) is 32.4 Å². The Balaban J connectivity index is 1.59.